The van der Waals surface area contributed by atoms with E-state index >= 15 is 0 Å². The van der Waals surface area contributed by atoms with Gasteiger partial charge in [0.2, 0.25) is 0 Å². The van der Waals surface area contributed by atoms with Crippen LogP contribution in [0, 0.1) is 0 Å². The molecule has 16 aromatic rings. The molecular formula is C78H52N2S2. The van der Waals surface area contributed by atoms with E-state index in [1.807, 2.05) is 22.7 Å². The zero-order chi connectivity index (χ0) is 54.3. The third-order valence-corrected chi connectivity index (χ3v) is 18.3. The first-order valence-corrected chi connectivity index (χ1v) is 29.5. The summed E-state index contributed by atoms with van der Waals surface area (Å²) in [7, 11) is 0. The van der Waals surface area contributed by atoms with E-state index in [0.717, 1.165) is 22.7 Å². The van der Waals surface area contributed by atoms with Crippen molar-refractivity contribution in [3.8, 4) is 55.6 Å². The van der Waals surface area contributed by atoms with Crippen LogP contribution in [0.15, 0.2) is 303 Å². The Morgan fingerprint density at radius 2 is 0.598 bits per heavy atom. The van der Waals surface area contributed by atoms with Crippen molar-refractivity contribution < 1.29 is 0 Å². The summed E-state index contributed by atoms with van der Waals surface area (Å²) in [4.78, 5) is 0. The Bertz CT molecular complexity index is 5050. The van der Waals surface area contributed by atoms with E-state index in [2.05, 4.69) is 314 Å². The molecule has 2 N–H and O–H groups in total. The molecule has 0 aliphatic carbocycles. The van der Waals surface area contributed by atoms with E-state index in [1.54, 1.807) is 0 Å². The summed E-state index contributed by atoms with van der Waals surface area (Å²) in [5, 5.41) is 20.2. The maximum absolute atomic E-state index is 3.65. The van der Waals surface area contributed by atoms with Crippen molar-refractivity contribution in [3.63, 3.8) is 0 Å². The van der Waals surface area contributed by atoms with Gasteiger partial charge in [0.05, 0.1) is 0 Å². The molecule has 0 unspecified atom stereocenters. The molecule has 14 aromatic carbocycles. The third-order valence-electron chi connectivity index (χ3n) is 15.9. The Kier molecular flexibility index (Phi) is 12.6. The molecule has 0 saturated heterocycles. The molecule has 0 aliphatic heterocycles. The second kappa shape index (κ2) is 21.2. The van der Waals surface area contributed by atoms with Crippen LogP contribution in [0.2, 0.25) is 0 Å². The molecule has 16 rings (SSSR count). The lowest BCUT2D eigenvalue weighted by atomic mass is 9.94. The molecule has 0 radical (unpaired) electrons. The first-order chi connectivity index (χ1) is 40.6. The van der Waals surface area contributed by atoms with Gasteiger partial charge in [-0.05, 0) is 155 Å². The van der Waals surface area contributed by atoms with Crippen molar-refractivity contribution in [1.29, 1.82) is 0 Å². The van der Waals surface area contributed by atoms with Crippen molar-refractivity contribution in [3.05, 3.63) is 303 Å². The summed E-state index contributed by atoms with van der Waals surface area (Å²) < 4.78 is 5.38. The zero-order valence-corrected chi connectivity index (χ0v) is 46.3. The van der Waals surface area contributed by atoms with Crippen molar-refractivity contribution in [1.82, 2.24) is 0 Å². The summed E-state index contributed by atoms with van der Waals surface area (Å²) in [6, 6.07) is 109. The summed E-state index contributed by atoms with van der Waals surface area (Å²) in [6.45, 7) is 0. The number of rotatable bonds is 9. The smallest absolute Gasteiger partial charge is 0.0433 e. The van der Waals surface area contributed by atoms with Gasteiger partial charge < -0.3 is 10.6 Å². The van der Waals surface area contributed by atoms with Gasteiger partial charge in [-0.3, -0.25) is 0 Å². The topological polar surface area (TPSA) is 24.1 Å². The van der Waals surface area contributed by atoms with Crippen molar-refractivity contribution in [2.24, 2.45) is 0 Å². The summed E-state index contributed by atoms with van der Waals surface area (Å²) in [6.07, 6.45) is 0. The molecule has 2 aromatic heterocycles. The second-order valence-electron chi connectivity index (χ2n) is 21.0. The van der Waals surface area contributed by atoms with Crippen LogP contribution >= 0.6 is 22.7 Å². The molecule has 82 heavy (non-hydrogen) atoms. The predicted molar refractivity (Wildman–Crippen MR) is 358 cm³/mol. The molecule has 0 atom stereocenters. The van der Waals surface area contributed by atoms with E-state index in [9.17, 15) is 0 Å². The zero-order valence-electron chi connectivity index (χ0n) is 44.7. The molecule has 0 aliphatic rings. The predicted octanol–water partition coefficient (Wildman–Crippen LogP) is 23.4. The maximum Gasteiger partial charge on any atom is 0.0433 e. The number of hydrogen-bond acceptors (Lipinski definition) is 4. The number of hydrogen-bond donors (Lipinski definition) is 2. The monoisotopic (exact) mass is 1080 g/mol. The van der Waals surface area contributed by atoms with E-state index < -0.39 is 0 Å². The van der Waals surface area contributed by atoms with Gasteiger partial charge in [0.25, 0.3) is 0 Å². The normalized spacial score (nSPS) is 11.4. The number of benzene rings is 14. The highest BCUT2D eigenvalue weighted by Crippen LogP contribution is 2.43. The standard InChI is InChI=1S/C42H29NS.C36H23NS/c1-2-11-30(12-3-1)36-17-4-5-18-37(36)33-14-9-16-35(28-33)43-34-15-8-13-32(27-34)29-23-25-31(26-24-29)38-20-10-21-40-39-19-6-7-22-41(39)44-42(38)40;1-2-7-30-23(6-1)12-14-27-22-29(18-19-31(27)30)37-28-17-16-24-20-26(15-13-25(24)21-28)32-9-5-10-34-33-8-3-4-11-35(33)38-36(32)34/h1-28,43H;1-22,37H. The first-order valence-electron chi connectivity index (χ1n) is 27.9. The Labute approximate surface area is 484 Å². The van der Waals surface area contributed by atoms with E-state index in [4.69, 9.17) is 0 Å². The van der Waals surface area contributed by atoms with Crippen LogP contribution in [0.25, 0.3) is 128 Å². The van der Waals surface area contributed by atoms with Crippen LogP contribution in [0.4, 0.5) is 22.7 Å². The average molecular weight is 1080 g/mol. The van der Waals surface area contributed by atoms with Gasteiger partial charge in [0, 0.05) is 63.1 Å². The largest absolute Gasteiger partial charge is 0.355 e. The highest BCUT2D eigenvalue weighted by molar-refractivity contribution is 7.26. The van der Waals surface area contributed by atoms with Gasteiger partial charge in [-0.2, -0.15) is 0 Å². The third kappa shape index (κ3) is 9.40. The van der Waals surface area contributed by atoms with Crippen LogP contribution in [0.3, 0.4) is 0 Å². The van der Waals surface area contributed by atoms with Crippen LogP contribution in [-0.4, -0.2) is 0 Å². The summed E-state index contributed by atoms with van der Waals surface area (Å²) in [5.41, 5.74) is 16.7. The Hall–Kier alpha value is -10.1. The molecule has 0 bridgehead atoms. The van der Waals surface area contributed by atoms with Crippen molar-refractivity contribution in [2.45, 2.75) is 0 Å². The lowest BCUT2D eigenvalue weighted by Crippen LogP contribution is -1.92. The lowest BCUT2D eigenvalue weighted by molar-refractivity contribution is 1.53. The summed E-state index contributed by atoms with van der Waals surface area (Å²) >= 11 is 3.76. The van der Waals surface area contributed by atoms with Crippen LogP contribution < -0.4 is 10.6 Å². The molecule has 0 spiro atoms. The number of anilines is 4. The lowest BCUT2D eigenvalue weighted by Gasteiger charge is -2.13. The van der Waals surface area contributed by atoms with Gasteiger partial charge >= 0.3 is 0 Å². The second-order valence-corrected chi connectivity index (χ2v) is 23.1. The molecule has 386 valence electrons. The number of nitrogens with one attached hydrogen (secondary N) is 2. The minimum Gasteiger partial charge on any atom is -0.355 e. The highest BCUT2D eigenvalue weighted by Gasteiger charge is 2.14. The Balaban J connectivity index is 0.000000142. The first kappa shape index (κ1) is 49.0. The van der Waals surface area contributed by atoms with Gasteiger partial charge in [-0.15, -0.1) is 22.7 Å². The number of thiophene rings is 2. The molecule has 2 heterocycles. The minimum absolute atomic E-state index is 1.06. The van der Waals surface area contributed by atoms with E-state index in [0.29, 0.717) is 0 Å². The van der Waals surface area contributed by atoms with Gasteiger partial charge in [-0.1, -0.05) is 237 Å². The van der Waals surface area contributed by atoms with E-state index in [1.165, 1.54) is 128 Å². The molecule has 0 fully saturated rings. The maximum atomic E-state index is 3.65. The number of fused-ring (bicyclic) bond motifs is 10. The average Bonchev–Trinajstić information content (AvgIpc) is 4.31. The van der Waals surface area contributed by atoms with Crippen LogP contribution in [0.5, 0.6) is 0 Å². The fraction of sp³-hybridized carbons (Fsp3) is 0. The van der Waals surface area contributed by atoms with E-state index in [-0.39, 0.29) is 0 Å². The van der Waals surface area contributed by atoms with Crippen molar-refractivity contribution in [2.75, 3.05) is 10.6 Å². The Morgan fingerprint density at radius 3 is 1.30 bits per heavy atom. The van der Waals surface area contributed by atoms with Gasteiger partial charge in [0.15, 0.2) is 0 Å². The van der Waals surface area contributed by atoms with Crippen LogP contribution in [0.1, 0.15) is 0 Å². The molecular weight excluding hydrogens is 1030 g/mol. The van der Waals surface area contributed by atoms with Crippen LogP contribution in [-0.2, 0) is 0 Å². The minimum atomic E-state index is 1.06. The van der Waals surface area contributed by atoms with Crippen molar-refractivity contribution >= 4 is 118 Å². The fourth-order valence-electron chi connectivity index (χ4n) is 11.9. The quantitative estimate of drug-likeness (QED) is 0.141. The molecule has 0 amide bonds. The highest BCUT2D eigenvalue weighted by atomic mass is 32.1. The fourth-order valence-corrected chi connectivity index (χ4v) is 14.3. The Morgan fingerprint density at radius 1 is 0.195 bits per heavy atom. The SMILES string of the molecule is c1ccc(-c2ccccc2-c2cccc(Nc3cccc(-c4ccc(-c5cccc6c5sc5ccccc56)cc4)c3)c2)cc1.c1ccc2c(c1)ccc1cc(Nc3ccc4cc(-c5cccc6c5sc5ccccc56)ccc4c3)ccc12. The van der Waals surface area contributed by atoms with Gasteiger partial charge in [0.1, 0.15) is 0 Å². The molecule has 4 heteroatoms. The molecule has 2 nitrogen and oxygen atoms in total. The summed E-state index contributed by atoms with van der Waals surface area (Å²) in [5.74, 6) is 0. The van der Waals surface area contributed by atoms with Gasteiger partial charge in [-0.25, -0.2) is 0 Å². The molecule has 0 saturated carbocycles.